The molecule has 2 heterocycles. The second kappa shape index (κ2) is 10.3. The molecular formula is C24H28ClFN4O2. The lowest BCUT2D eigenvalue weighted by molar-refractivity contribution is 0.187. The minimum Gasteiger partial charge on any atom is -0.493 e. The van der Waals surface area contributed by atoms with Crippen LogP contribution in [0.2, 0.25) is 5.02 Å². The van der Waals surface area contributed by atoms with Crippen LogP contribution in [0.4, 0.5) is 15.9 Å². The van der Waals surface area contributed by atoms with E-state index in [0.29, 0.717) is 45.8 Å². The van der Waals surface area contributed by atoms with E-state index in [2.05, 4.69) is 27.1 Å². The monoisotopic (exact) mass is 458 g/mol. The molecule has 1 saturated heterocycles. The lowest BCUT2D eigenvalue weighted by Crippen LogP contribution is -2.29. The summed E-state index contributed by atoms with van der Waals surface area (Å²) in [4.78, 5) is 11.2. The maximum Gasteiger partial charge on any atom is 0.163 e. The molecule has 170 valence electrons. The van der Waals surface area contributed by atoms with Crippen molar-refractivity contribution in [2.75, 3.05) is 38.7 Å². The van der Waals surface area contributed by atoms with Crippen molar-refractivity contribution in [3.8, 4) is 11.5 Å². The van der Waals surface area contributed by atoms with E-state index in [1.54, 1.807) is 19.2 Å². The SMILES string of the molecule is CCC(COc1cc2ncnc(Nc3ccc(Cl)cc3F)c2cc1OC)CN1CCCC1. The first kappa shape index (κ1) is 22.6. The number of likely N-dealkylation sites (tertiary alicyclic amines) is 1. The number of aromatic nitrogens is 2. The van der Waals surface area contributed by atoms with Crippen LogP contribution in [0, 0.1) is 11.7 Å². The predicted molar refractivity (Wildman–Crippen MR) is 126 cm³/mol. The standard InChI is InChI=1S/C24H28ClFN4O2/c1-3-16(13-30-8-4-5-9-30)14-32-23-12-21-18(11-22(23)31-2)24(28-15-27-21)29-20-7-6-17(25)10-19(20)26/h6-7,10-12,15-16H,3-5,8-9,13-14H2,1-2H3,(H,27,28,29). The van der Waals surface area contributed by atoms with Gasteiger partial charge < -0.3 is 19.7 Å². The van der Waals surface area contributed by atoms with Crippen LogP contribution in [0.5, 0.6) is 11.5 Å². The third-order valence-corrected chi connectivity index (χ3v) is 6.11. The number of hydrogen-bond donors (Lipinski definition) is 1. The Labute approximate surface area is 192 Å². The predicted octanol–water partition coefficient (Wildman–Crippen LogP) is 5.68. The second-order valence-electron chi connectivity index (χ2n) is 8.08. The summed E-state index contributed by atoms with van der Waals surface area (Å²) >= 11 is 5.86. The van der Waals surface area contributed by atoms with Gasteiger partial charge in [0, 0.05) is 28.9 Å². The zero-order valence-electron chi connectivity index (χ0n) is 18.4. The van der Waals surface area contributed by atoms with Gasteiger partial charge in [-0.1, -0.05) is 18.5 Å². The Morgan fingerprint density at radius 2 is 1.97 bits per heavy atom. The number of fused-ring (bicyclic) bond motifs is 1. The van der Waals surface area contributed by atoms with Crippen molar-refractivity contribution in [2.45, 2.75) is 26.2 Å². The van der Waals surface area contributed by atoms with Crippen molar-refractivity contribution in [2.24, 2.45) is 5.92 Å². The lowest BCUT2D eigenvalue weighted by atomic mass is 10.1. The minimum atomic E-state index is -0.459. The number of halogens is 2. The summed E-state index contributed by atoms with van der Waals surface area (Å²) < 4.78 is 26.0. The number of rotatable bonds is 9. The number of methoxy groups -OCH3 is 1. The van der Waals surface area contributed by atoms with Crippen molar-refractivity contribution in [3.05, 3.63) is 47.5 Å². The van der Waals surface area contributed by atoms with E-state index < -0.39 is 5.82 Å². The van der Waals surface area contributed by atoms with E-state index in [1.807, 2.05) is 12.1 Å². The summed E-state index contributed by atoms with van der Waals surface area (Å²) in [7, 11) is 1.60. The van der Waals surface area contributed by atoms with Gasteiger partial charge in [-0.05, 0) is 56.6 Å². The minimum absolute atomic E-state index is 0.279. The summed E-state index contributed by atoms with van der Waals surface area (Å²) in [5.41, 5.74) is 0.960. The fourth-order valence-electron chi connectivity index (χ4n) is 3.99. The largest absolute Gasteiger partial charge is 0.493 e. The molecule has 32 heavy (non-hydrogen) atoms. The summed E-state index contributed by atoms with van der Waals surface area (Å²) in [6.07, 6.45) is 5.06. The van der Waals surface area contributed by atoms with Crippen LogP contribution in [0.1, 0.15) is 26.2 Å². The van der Waals surface area contributed by atoms with Crippen molar-refractivity contribution < 1.29 is 13.9 Å². The molecule has 1 aliphatic heterocycles. The molecule has 1 aliphatic rings. The molecule has 1 fully saturated rings. The summed E-state index contributed by atoms with van der Waals surface area (Å²) in [5.74, 6) is 1.69. The smallest absolute Gasteiger partial charge is 0.163 e. The van der Waals surface area contributed by atoms with Gasteiger partial charge in [0.1, 0.15) is 18.0 Å². The average molecular weight is 459 g/mol. The molecule has 3 aromatic rings. The third-order valence-electron chi connectivity index (χ3n) is 5.87. The topological polar surface area (TPSA) is 59.5 Å². The van der Waals surface area contributed by atoms with Crippen LogP contribution < -0.4 is 14.8 Å². The fraction of sp³-hybridized carbons (Fsp3) is 0.417. The lowest BCUT2D eigenvalue weighted by Gasteiger charge is -2.23. The van der Waals surface area contributed by atoms with Gasteiger partial charge in [0.25, 0.3) is 0 Å². The Morgan fingerprint density at radius 3 is 2.69 bits per heavy atom. The van der Waals surface area contributed by atoms with E-state index in [1.165, 1.54) is 38.3 Å². The van der Waals surface area contributed by atoms with Crippen molar-refractivity contribution in [3.63, 3.8) is 0 Å². The van der Waals surface area contributed by atoms with Gasteiger partial charge in [0.15, 0.2) is 11.5 Å². The van der Waals surface area contributed by atoms with Crippen molar-refractivity contribution in [1.29, 1.82) is 0 Å². The molecule has 0 saturated carbocycles. The van der Waals surface area contributed by atoms with E-state index >= 15 is 0 Å². The van der Waals surface area contributed by atoms with Gasteiger partial charge in [-0.25, -0.2) is 14.4 Å². The van der Waals surface area contributed by atoms with Crippen LogP contribution in [-0.2, 0) is 0 Å². The van der Waals surface area contributed by atoms with Crippen molar-refractivity contribution in [1.82, 2.24) is 14.9 Å². The molecule has 1 atom stereocenters. The fourth-order valence-corrected chi connectivity index (χ4v) is 4.15. The zero-order valence-corrected chi connectivity index (χ0v) is 19.2. The first-order chi connectivity index (χ1) is 15.6. The van der Waals surface area contributed by atoms with E-state index in [0.717, 1.165) is 13.0 Å². The zero-order chi connectivity index (χ0) is 22.5. The Hall–Kier alpha value is -2.64. The van der Waals surface area contributed by atoms with Gasteiger partial charge in [-0.15, -0.1) is 0 Å². The highest BCUT2D eigenvalue weighted by Crippen LogP contribution is 2.35. The number of nitrogens with one attached hydrogen (secondary N) is 1. The van der Waals surface area contributed by atoms with Crippen molar-refractivity contribution >= 4 is 34.0 Å². The molecule has 0 spiro atoms. The Kier molecular flexibility index (Phi) is 7.27. The molecule has 0 aliphatic carbocycles. The highest BCUT2D eigenvalue weighted by atomic mass is 35.5. The molecular weight excluding hydrogens is 431 g/mol. The highest BCUT2D eigenvalue weighted by Gasteiger charge is 2.19. The molecule has 1 N–H and O–H groups in total. The second-order valence-corrected chi connectivity index (χ2v) is 8.52. The van der Waals surface area contributed by atoms with Crippen LogP contribution in [0.15, 0.2) is 36.7 Å². The van der Waals surface area contributed by atoms with E-state index in [-0.39, 0.29) is 5.69 Å². The quantitative estimate of drug-likeness (QED) is 0.445. The van der Waals surface area contributed by atoms with Crippen LogP contribution in [0.3, 0.4) is 0 Å². The number of hydrogen-bond acceptors (Lipinski definition) is 6. The van der Waals surface area contributed by atoms with E-state index in [9.17, 15) is 4.39 Å². The Bertz CT molecular complexity index is 1080. The maximum atomic E-state index is 14.3. The molecule has 1 unspecified atom stereocenters. The highest BCUT2D eigenvalue weighted by molar-refractivity contribution is 6.30. The average Bonchev–Trinajstić information content (AvgIpc) is 3.31. The van der Waals surface area contributed by atoms with Crippen LogP contribution in [-0.4, -0.2) is 48.2 Å². The van der Waals surface area contributed by atoms with Crippen LogP contribution in [0.25, 0.3) is 10.9 Å². The molecule has 8 heteroatoms. The van der Waals surface area contributed by atoms with Gasteiger partial charge in [-0.3, -0.25) is 0 Å². The van der Waals surface area contributed by atoms with Gasteiger partial charge in [-0.2, -0.15) is 0 Å². The van der Waals surface area contributed by atoms with Gasteiger partial charge >= 0.3 is 0 Å². The van der Waals surface area contributed by atoms with E-state index in [4.69, 9.17) is 21.1 Å². The summed E-state index contributed by atoms with van der Waals surface area (Å²) in [5, 5.41) is 4.06. The summed E-state index contributed by atoms with van der Waals surface area (Å²) in [6.45, 7) is 6.21. The summed E-state index contributed by atoms with van der Waals surface area (Å²) in [6, 6.07) is 8.12. The molecule has 0 bridgehead atoms. The number of anilines is 2. The van der Waals surface area contributed by atoms with Gasteiger partial charge in [0.05, 0.1) is 24.9 Å². The number of benzene rings is 2. The molecule has 1 aromatic heterocycles. The number of ether oxygens (including phenoxy) is 2. The van der Waals surface area contributed by atoms with Gasteiger partial charge in [0.2, 0.25) is 0 Å². The third kappa shape index (κ3) is 5.22. The molecule has 4 rings (SSSR count). The molecule has 2 aromatic carbocycles. The van der Waals surface area contributed by atoms with Crippen LogP contribution >= 0.6 is 11.6 Å². The molecule has 6 nitrogen and oxygen atoms in total. The maximum absolute atomic E-state index is 14.3. The molecule has 0 radical (unpaired) electrons. The molecule has 0 amide bonds. The first-order valence-electron chi connectivity index (χ1n) is 11.0. The Morgan fingerprint density at radius 1 is 1.16 bits per heavy atom. The number of nitrogens with zero attached hydrogens (tertiary/aromatic N) is 3. The Balaban J connectivity index is 1.55. The normalized spacial score (nSPS) is 15.1. The first-order valence-corrected chi connectivity index (χ1v) is 11.3.